The normalized spacial score (nSPS) is 18.3. The van der Waals surface area contributed by atoms with Crippen molar-refractivity contribution in [1.29, 1.82) is 0 Å². The molecule has 1 saturated heterocycles. The highest BCUT2D eigenvalue weighted by Gasteiger charge is 2.43. The fraction of sp³-hybridized carbons (Fsp3) is 0.613. The number of urea groups is 1. The molecule has 2 fully saturated rings. The molecule has 0 radical (unpaired) electrons. The molecule has 1 aromatic rings. The van der Waals surface area contributed by atoms with E-state index in [4.69, 9.17) is 4.74 Å². The van der Waals surface area contributed by atoms with Crippen LogP contribution in [0.15, 0.2) is 46.7 Å². The van der Waals surface area contributed by atoms with Crippen LogP contribution in [-0.2, 0) is 29.0 Å². The Morgan fingerprint density at radius 1 is 1.02 bits per heavy atom. The Bertz CT molecular complexity index is 1240. The van der Waals surface area contributed by atoms with Crippen LogP contribution in [0, 0.1) is 0 Å². The molecule has 44 heavy (non-hydrogen) atoms. The lowest BCUT2D eigenvalue weighted by atomic mass is 9.80. The number of hydrogen-bond acceptors (Lipinski definition) is 8. The van der Waals surface area contributed by atoms with E-state index in [0.717, 1.165) is 31.1 Å². The van der Waals surface area contributed by atoms with Gasteiger partial charge >= 0.3 is 6.03 Å². The molecular formula is C31H46N4O7S2. The largest absolute Gasteiger partial charge is 0.378 e. The number of Topliss-reactive ketones (excluding diaryl/α,β-unsaturated/α-hetero) is 1. The molecule has 0 bridgehead atoms. The number of ether oxygens (including phenoxy) is 1. The molecule has 0 spiro atoms. The zero-order valence-electron chi connectivity index (χ0n) is 25.7. The summed E-state index contributed by atoms with van der Waals surface area (Å²) in [6, 6.07) is 5.82. The first-order valence-electron chi connectivity index (χ1n) is 15.4. The molecule has 0 aromatic heterocycles. The average Bonchev–Trinajstić information content (AvgIpc) is 3.05. The van der Waals surface area contributed by atoms with Gasteiger partial charge in [0.15, 0.2) is 9.84 Å². The SMILES string of the molecule is CCCC[C@H](NC(=O)C1(NC(=O)N2CCOCC2)CCCCC1)C(=O)C(=O)NC(/C=C/S(=O)(=O)c1ccccc1)CCSC. The molecule has 3 rings (SSSR count). The summed E-state index contributed by atoms with van der Waals surface area (Å²) in [6.45, 7) is 3.67. The number of carbonyl (C=O) groups excluding carboxylic acids is 4. The van der Waals surface area contributed by atoms with Gasteiger partial charge in [-0.15, -0.1) is 0 Å². The fourth-order valence-electron chi connectivity index (χ4n) is 5.33. The Kier molecular flexibility index (Phi) is 14.2. The third kappa shape index (κ3) is 10.3. The second-order valence-corrected chi connectivity index (χ2v) is 14.1. The van der Waals surface area contributed by atoms with E-state index in [0.29, 0.717) is 57.7 Å². The van der Waals surface area contributed by atoms with Gasteiger partial charge in [-0.1, -0.05) is 63.3 Å². The molecule has 3 N–H and O–H groups in total. The van der Waals surface area contributed by atoms with Crippen molar-refractivity contribution in [2.24, 2.45) is 0 Å². The summed E-state index contributed by atoms with van der Waals surface area (Å²) in [5.74, 6) is -1.54. The zero-order valence-corrected chi connectivity index (χ0v) is 27.4. The van der Waals surface area contributed by atoms with Crippen LogP contribution in [-0.4, -0.2) is 92.9 Å². The standard InChI is InChI=1S/C31H46N4O7S2/c1-3-4-13-26(33-29(38)31(16-9-6-10-17-31)34-30(39)35-18-20-42-21-19-35)27(36)28(37)32-24(14-22-43-2)15-23-44(40,41)25-11-7-5-8-12-25/h5,7-8,11-12,15,23-24,26H,3-4,6,9-10,13-14,16-22H2,1-2H3,(H,32,37)(H,33,38)(H,34,39)/b23-15+/t24?,26-/m0/s1. The van der Waals surface area contributed by atoms with Gasteiger partial charge in [0.05, 0.1) is 24.2 Å². The summed E-state index contributed by atoms with van der Waals surface area (Å²) in [6.07, 6.45) is 8.61. The molecule has 2 atom stereocenters. The number of benzene rings is 1. The van der Waals surface area contributed by atoms with E-state index < -0.39 is 45.1 Å². The number of nitrogens with one attached hydrogen (secondary N) is 3. The van der Waals surface area contributed by atoms with Crippen molar-refractivity contribution in [3.63, 3.8) is 0 Å². The summed E-state index contributed by atoms with van der Waals surface area (Å²) in [5.41, 5.74) is -1.18. The van der Waals surface area contributed by atoms with Gasteiger partial charge < -0.3 is 25.6 Å². The Labute approximate surface area is 265 Å². The van der Waals surface area contributed by atoms with E-state index in [1.165, 1.54) is 30.0 Å². The van der Waals surface area contributed by atoms with Gasteiger partial charge in [-0.25, -0.2) is 13.2 Å². The lowest BCUT2D eigenvalue weighted by Gasteiger charge is -2.39. The molecule has 13 heteroatoms. The van der Waals surface area contributed by atoms with Gasteiger partial charge in [0.1, 0.15) is 5.54 Å². The van der Waals surface area contributed by atoms with Crippen LogP contribution in [0.1, 0.15) is 64.7 Å². The van der Waals surface area contributed by atoms with Crippen LogP contribution in [0.5, 0.6) is 0 Å². The number of thioether (sulfide) groups is 1. The Morgan fingerprint density at radius 2 is 1.70 bits per heavy atom. The smallest absolute Gasteiger partial charge is 0.318 e. The maximum Gasteiger partial charge on any atom is 0.318 e. The highest BCUT2D eigenvalue weighted by molar-refractivity contribution is 7.98. The van der Waals surface area contributed by atoms with E-state index >= 15 is 0 Å². The molecule has 1 aromatic carbocycles. The number of hydrogen-bond donors (Lipinski definition) is 3. The Balaban J connectivity index is 1.74. The minimum absolute atomic E-state index is 0.127. The second kappa shape index (κ2) is 17.6. The monoisotopic (exact) mass is 650 g/mol. The maximum atomic E-state index is 13.8. The lowest BCUT2D eigenvalue weighted by Crippen LogP contribution is -2.64. The third-order valence-electron chi connectivity index (χ3n) is 7.99. The molecule has 1 heterocycles. The molecule has 1 unspecified atom stereocenters. The van der Waals surface area contributed by atoms with Crippen molar-refractivity contribution in [2.75, 3.05) is 38.3 Å². The van der Waals surface area contributed by atoms with E-state index in [1.807, 2.05) is 13.2 Å². The summed E-state index contributed by atoms with van der Waals surface area (Å²) < 4.78 is 30.9. The molecule has 4 amide bonds. The van der Waals surface area contributed by atoms with Crippen LogP contribution in [0.4, 0.5) is 4.79 Å². The predicted octanol–water partition coefficient (Wildman–Crippen LogP) is 3.20. The number of amides is 4. The Morgan fingerprint density at radius 3 is 2.34 bits per heavy atom. The molecule has 1 saturated carbocycles. The summed E-state index contributed by atoms with van der Waals surface area (Å²) in [5, 5.41) is 9.52. The minimum atomic E-state index is -3.74. The highest BCUT2D eigenvalue weighted by Crippen LogP contribution is 2.29. The van der Waals surface area contributed by atoms with E-state index in [1.54, 1.807) is 23.1 Å². The first-order valence-corrected chi connectivity index (χ1v) is 18.3. The van der Waals surface area contributed by atoms with Crippen molar-refractivity contribution in [3.8, 4) is 0 Å². The molecule has 11 nitrogen and oxygen atoms in total. The van der Waals surface area contributed by atoms with E-state index in [9.17, 15) is 27.6 Å². The van der Waals surface area contributed by atoms with E-state index in [2.05, 4.69) is 16.0 Å². The van der Waals surface area contributed by atoms with Crippen LogP contribution in [0.25, 0.3) is 0 Å². The van der Waals surface area contributed by atoms with Gasteiger partial charge in [0.2, 0.25) is 11.7 Å². The number of morpholine rings is 1. The van der Waals surface area contributed by atoms with Crippen molar-refractivity contribution in [2.45, 2.75) is 87.2 Å². The van der Waals surface area contributed by atoms with Crippen molar-refractivity contribution >= 4 is 45.2 Å². The predicted molar refractivity (Wildman–Crippen MR) is 171 cm³/mol. The molecular weight excluding hydrogens is 604 g/mol. The number of rotatable bonds is 15. The van der Waals surface area contributed by atoms with Crippen molar-refractivity contribution < 1.29 is 32.3 Å². The fourth-order valence-corrected chi connectivity index (χ4v) is 6.91. The zero-order chi connectivity index (χ0) is 32.0. The molecule has 1 aliphatic heterocycles. The molecule has 244 valence electrons. The maximum absolute atomic E-state index is 13.8. The number of unbranched alkanes of at least 4 members (excludes halogenated alkanes) is 1. The number of ketones is 1. The third-order valence-corrected chi connectivity index (χ3v) is 10.1. The highest BCUT2D eigenvalue weighted by atomic mass is 32.2. The van der Waals surface area contributed by atoms with Crippen LogP contribution in [0.2, 0.25) is 0 Å². The number of nitrogens with zero attached hydrogens (tertiary/aromatic N) is 1. The quantitative estimate of drug-likeness (QED) is 0.245. The van der Waals surface area contributed by atoms with Crippen LogP contribution < -0.4 is 16.0 Å². The Hall–Kier alpha value is -2.90. The minimum Gasteiger partial charge on any atom is -0.378 e. The van der Waals surface area contributed by atoms with Gasteiger partial charge in [-0.05, 0) is 49.8 Å². The summed E-state index contributed by atoms with van der Waals surface area (Å²) >= 11 is 1.53. The average molecular weight is 651 g/mol. The first-order chi connectivity index (χ1) is 21.1. The summed E-state index contributed by atoms with van der Waals surface area (Å²) in [4.78, 5) is 55.4. The van der Waals surface area contributed by atoms with Gasteiger partial charge in [0.25, 0.3) is 5.91 Å². The van der Waals surface area contributed by atoms with Crippen molar-refractivity contribution in [3.05, 3.63) is 41.8 Å². The van der Waals surface area contributed by atoms with Crippen LogP contribution >= 0.6 is 11.8 Å². The number of sulfone groups is 1. The van der Waals surface area contributed by atoms with Crippen molar-refractivity contribution in [1.82, 2.24) is 20.9 Å². The number of carbonyl (C=O) groups is 4. The molecule has 1 aliphatic carbocycles. The van der Waals surface area contributed by atoms with E-state index in [-0.39, 0.29) is 17.3 Å². The van der Waals surface area contributed by atoms with Gasteiger partial charge in [-0.3, -0.25) is 14.4 Å². The molecule has 2 aliphatic rings. The van der Waals surface area contributed by atoms with Crippen LogP contribution in [0.3, 0.4) is 0 Å². The second-order valence-electron chi connectivity index (χ2n) is 11.3. The summed E-state index contributed by atoms with van der Waals surface area (Å²) in [7, 11) is -3.74. The lowest BCUT2D eigenvalue weighted by molar-refractivity contribution is -0.141. The van der Waals surface area contributed by atoms with Gasteiger partial charge in [-0.2, -0.15) is 11.8 Å². The van der Waals surface area contributed by atoms with Gasteiger partial charge in [0, 0.05) is 24.5 Å². The first kappa shape index (κ1) is 35.6. The topological polar surface area (TPSA) is 151 Å².